The van der Waals surface area contributed by atoms with Gasteiger partial charge in [-0.15, -0.1) is 0 Å². The highest BCUT2D eigenvalue weighted by atomic mass is 35.5. The first-order valence-electron chi connectivity index (χ1n) is 15.4. The number of nitrogens with two attached hydrogens (primary N) is 1. The lowest BCUT2D eigenvalue weighted by molar-refractivity contribution is -0.145. The number of hydrogen-bond donors (Lipinski definition) is 4. The summed E-state index contributed by atoms with van der Waals surface area (Å²) in [5.74, 6) is -0.514. The molecule has 0 saturated heterocycles. The summed E-state index contributed by atoms with van der Waals surface area (Å²) >= 11 is 5.63. The quantitative estimate of drug-likeness (QED) is 0.0505. The second-order valence-corrected chi connectivity index (χ2v) is 11.4. The molecule has 1 aliphatic rings. The molecule has 4 aromatic rings. The lowest BCUT2D eigenvalue weighted by Gasteiger charge is -2.22. The first-order chi connectivity index (χ1) is 22.9. The minimum atomic E-state index is -0.970. The molecular formula is C36H42ClN5O6. The van der Waals surface area contributed by atoms with E-state index in [1.165, 1.54) is 7.11 Å². The van der Waals surface area contributed by atoms with Crippen LogP contribution in [0, 0.1) is 0 Å². The van der Waals surface area contributed by atoms with Crippen LogP contribution in [-0.2, 0) is 19.1 Å². The van der Waals surface area contributed by atoms with Gasteiger partial charge in [0.25, 0.3) is 5.91 Å². The molecule has 0 saturated carbocycles. The number of aliphatic imine (C=N–C) groups is 1. The van der Waals surface area contributed by atoms with Gasteiger partial charge < -0.3 is 36.7 Å². The van der Waals surface area contributed by atoms with Crippen LogP contribution in [0.15, 0.2) is 89.9 Å². The summed E-state index contributed by atoms with van der Waals surface area (Å²) in [4.78, 5) is 43.4. The monoisotopic (exact) mass is 676 g/mol. The van der Waals surface area contributed by atoms with Crippen molar-refractivity contribution in [3.63, 3.8) is 0 Å². The Morgan fingerprint density at radius 1 is 0.917 bits per heavy atom. The molecule has 1 aliphatic heterocycles. The number of halogens is 1. The van der Waals surface area contributed by atoms with Crippen LogP contribution in [0.25, 0.3) is 32.7 Å². The predicted octanol–water partition coefficient (Wildman–Crippen LogP) is 5.65. The Morgan fingerprint density at radius 2 is 1.54 bits per heavy atom. The largest absolute Gasteiger partial charge is 0.489 e. The Balaban J connectivity index is 0.00000325. The molecule has 0 fully saturated rings. The average Bonchev–Trinajstić information content (AvgIpc) is 3.08. The molecule has 5 rings (SSSR count). The fraction of sp³-hybridized carbons (Fsp3) is 0.278. The summed E-state index contributed by atoms with van der Waals surface area (Å²) in [5.41, 5.74) is 7.02. The van der Waals surface area contributed by atoms with E-state index in [1.807, 2.05) is 72.8 Å². The smallest absolute Gasteiger partial charge is 0.328 e. The Hall–Kier alpha value is -5.13. The van der Waals surface area contributed by atoms with Crippen LogP contribution in [0.4, 0.5) is 0 Å². The van der Waals surface area contributed by atoms with E-state index in [0.717, 1.165) is 32.7 Å². The van der Waals surface area contributed by atoms with E-state index in [9.17, 15) is 14.4 Å². The van der Waals surface area contributed by atoms with Crippen molar-refractivity contribution >= 4 is 56.2 Å². The molecule has 0 aromatic heterocycles. The Morgan fingerprint density at radius 3 is 2.17 bits per heavy atom. The van der Waals surface area contributed by atoms with E-state index in [4.69, 9.17) is 31.5 Å². The van der Waals surface area contributed by atoms with Crippen LogP contribution in [0.2, 0.25) is 0 Å². The lowest BCUT2D eigenvalue weighted by Crippen LogP contribution is -2.52. The van der Waals surface area contributed by atoms with Crippen molar-refractivity contribution in [2.75, 3.05) is 26.9 Å². The summed E-state index contributed by atoms with van der Waals surface area (Å²) in [6, 6.07) is 21.8. The van der Waals surface area contributed by atoms with Gasteiger partial charge in [0.15, 0.2) is 11.9 Å². The fourth-order valence-corrected chi connectivity index (χ4v) is 5.71. The van der Waals surface area contributed by atoms with Crippen LogP contribution < -0.4 is 32.0 Å². The van der Waals surface area contributed by atoms with Gasteiger partial charge in [-0.25, -0.2) is 4.79 Å². The number of ether oxygens (including phenoxy) is 3. The normalized spacial score (nSPS) is 18.1. The molecule has 0 bridgehead atoms. The van der Waals surface area contributed by atoms with E-state index in [0.29, 0.717) is 30.9 Å². The highest BCUT2D eigenvalue weighted by Crippen LogP contribution is 2.45. The molecule has 1 heterocycles. The second kappa shape index (κ2) is 17.1. The first-order valence-corrected chi connectivity index (χ1v) is 15.8. The Kier molecular flexibility index (Phi) is 12.8. The number of carbonyl (C=O) groups excluding carboxylic acids is 3. The molecule has 0 aliphatic carbocycles. The molecule has 2 amide bonds. The van der Waals surface area contributed by atoms with Crippen molar-refractivity contribution in [3.8, 4) is 22.6 Å². The van der Waals surface area contributed by atoms with Crippen LogP contribution in [-0.4, -0.2) is 62.0 Å². The molecule has 254 valence electrons. The lowest BCUT2D eigenvalue weighted by atomic mass is 9.92. The minimum Gasteiger partial charge on any atom is -0.489 e. The van der Waals surface area contributed by atoms with Gasteiger partial charge in [-0.1, -0.05) is 72.8 Å². The number of benzene rings is 4. The van der Waals surface area contributed by atoms with Crippen molar-refractivity contribution in [2.24, 2.45) is 10.7 Å². The summed E-state index contributed by atoms with van der Waals surface area (Å²) in [6.07, 6.45) is 5.12. The third-order valence-corrected chi connectivity index (χ3v) is 8.00. The second-order valence-electron chi connectivity index (χ2n) is 11.0. The van der Waals surface area contributed by atoms with Gasteiger partial charge in [-0.2, -0.15) is 0 Å². The molecule has 7 N–H and O–H groups in total. The van der Waals surface area contributed by atoms with Gasteiger partial charge in [0.1, 0.15) is 30.2 Å². The zero-order valence-electron chi connectivity index (χ0n) is 26.7. The van der Waals surface area contributed by atoms with Crippen LogP contribution in [0.5, 0.6) is 11.5 Å². The standard InChI is InChI=1S/C36H37ClN4O6.H3N.H2/c1-45-35(44)28-15-7-9-21-46-29-18-16-23-10-2-4-12-25(23)32(29)33-26-13-5-3-11-24(26)17-19-30(33)47-22-31(42)40-27(34(43)41-28)14-6-8-20-39-36(37)38;;/h2-5,7,9-13,16-19,27-28H,6,8,14-15,20-22H2,1H3,(H2,38,39)(H,40,42)(H,41,43);1H3;1H/b9-7+;;/t27-,28+;;/m1../s1/i;;1+1. The molecule has 11 nitrogen and oxygen atoms in total. The van der Waals surface area contributed by atoms with Gasteiger partial charge in [0.2, 0.25) is 5.91 Å². The van der Waals surface area contributed by atoms with Crippen molar-refractivity contribution in [1.29, 1.82) is 0 Å². The number of amides is 2. The van der Waals surface area contributed by atoms with Crippen molar-refractivity contribution < 1.29 is 30.0 Å². The predicted molar refractivity (Wildman–Crippen MR) is 191 cm³/mol. The molecule has 0 spiro atoms. The van der Waals surface area contributed by atoms with Gasteiger partial charge in [0, 0.05) is 19.1 Å². The summed E-state index contributed by atoms with van der Waals surface area (Å²) in [6.45, 7) is 0.219. The third-order valence-electron chi connectivity index (χ3n) is 7.88. The maximum atomic E-state index is 13.4. The number of amidine groups is 1. The number of hydrogen-bond acceptors (Lipinski definition) is 8. The summed E-state index contributed by atoms with van der Waals surface area (Å²) in [5, 5.41) is 9.38. The van der Waals surface area contributed by atoms with E-state index >= 15 is 0 Å². The van der Waals surface area contributed by atoms with Gasteiger partial charge in [0.05, 0.1) is 7.11 Å². The van der Waals surface area contributed by atoms with Crippen molar-refractivity contribution in [1.82, 2.24) is 16.8 Å². The zero-order chi connectivity index (χ0) is 33.2. The van der Waals surface area contributed by atoms with E-state index in [-0.39, 0.29) is 38.9 Å². The fourth-order valence-electron chi connectivity index (χ4n) is 5.62. The minimum absolute atomic E-state index is 0. The molecule has 4 aromatic carbocycles. The maximum Gasteiger partial charge on any atom is 0.328 e. The van der Waals surface area contributed by atoms with E-state index in [1.54, 1.807) is 12.2 Å². The van der Waals surface area contributed by atoms with Crippen LogP contribution in [0.1, 0.15) is 27.1 Å². The highest BCUT2D eigenvalue weighted by molar-refractivity contribution is 6.64. The van der Waals surface area contributed by atoms with Crippen LogP contribution in [0.3, 0.4) is 0 Å². The van der Waals surface area contributed by atoms with Crippen LogP contribution >= 0.6 is 11.6 Å². The molecule has 48 heavy (non-hydrogen) atoms. The van der Waals surface area contributed by atoms with E-state index < -0.39 is 29.9 Å². The zero-order valence-corrected chi connectivity index (χ0v) is 27.5. The van der Waals surface area contributed by atoms with E-state index in [2.05, 4.69) is 15.6 Å². The topological polar surface area (TPSA) is 176 Å². The number of fused-ring (bicyclic) bond motifs is 7. The van der Waals surface area contributed by atoms with Gasteiger partial charge in [-0.05, 0) is 71.0 Å². The molecule has 12 heteroatoms. The number of esters is 1. The maximum absolute atomic E-state index is 13.4. The third kappa shape index (κ3) is 8.81. The van der Waals surface area contributed by atoms with Crippen molar-refractivity contribution in [3.05, 3.63) is 84.9 Å². The summed E-state index contributed by atoms with van der Waals surface area (Å²) in [7, 11) is 1.26. The number of unbranched alkanes of at least 4 members (excludes halogenated alkanes) is 1. The van der Waals surface area contributed by atoms with Gasteiger partial charge >= 0.3 is 5.97 Å². The Labute approximate surface area is 285 Å². The first kappa shape index (κ1) is 35.7. The highest BCUT2D eigenvalue weighted by Gasteiger charge is 2.27. The number of nitrogens with zero attached hydrogens (tertiary/aromatic N) is 1. The molecule has 0 unspecified atom stereocenters. The molecule has 2 atom stereocenters. The summed E-state index contributed by atoms with van der Waals surface area (Å²) < 4.78 is 17.5. The van der Waals surface area contributed by atoms with Crippen molar-refractivity contribution in [2.45, 2.75) is 37.8 Å². The average molecular weight is 677 g/mol. The number of methoxy groups -OCH3 is 1. The number of rotatable bonds is 6. The number of nitrogens with one attached hydrogen (secondary N) is 2. The number of carbonyl (C=O) groups is 3. The molecular weight excluding hydrogens is 634 g/mol. The molecule has 0 radical (unpaired) electrons. The SMILES string of the molecule is COC(=O)[C@@H]1C/C=C/COc2ccc3ccccc3c2-c2c(ccc3ccccc23)OCC(=O)N[C@H](CCCCN=C(N)Cl)C(=O)N1.N.[2HH]. The van der Waals surface area contributed by atoms with Gasteiger partial charge in [-0.3, -0.25) is 14.6 Å². The Bertz CT molecular complexity index is 1830.